The van der Waals surface area contributed by atoms with Crippen molar-refractivity contribution in [3.05, 3.63) is 58.4 Å². The van der Waals surface area contributed by atoms with Crippen molar-refractivity contribution in [1.82, 2.24) is 24.4 Å². The highest BCUT2D eigenvalue weighted by molar-refractivity contribution is 5.92. The Morgan fingerprint density at radius 3 is 2.64 bits per heavy atom. The third kappa shape index (κ3) is 4.72. The van der Waals surface area contributed by atoms with Crippen LogP contribution in [0.5, 0.6) is 0 Å². The van der Waals surface area contributed by atoms with Gasteiger partial charge in [-0.2, -0.15) is 0 Å². The van der Waals surface area contributed by atoms with Crippen LogP contribution in [0.3, 0.4) is 0 Å². The third-order valence-corrected chi connectivity index (χ3v) is 6.86. The molecule has 0 aromatic carbocycles. The molecule has 3 heterocycles. The van der Waals surface area contributed by atoms with Crippen LogP contribution in [-0.2, 0) is 13.6 Å². The van der Waals surface area contributed by atoms with Gasteiger partial charge in [0.05, 0.1) is 5.52 Å². The SMILES string of the molecule is Cn1c(=O)n(CC(C)(C)C)c2ccc(C3CCC(C)(C)C(NC(=O)c4ccccn4)C3)nc21. The summed E-state index contributed by atoms with van der Waals surface area (Å²) in [5.41, 5.74) is 2.95. The predicted octanol–water partition coefficient (Wildman–Crippen LogP) is 4.27. The minimum atomic E-state index is -0.139. The number of aryl methyl sites for hydroxylation is 1. The van der Waals surface area contributed by atoms with Crippen LogP contribution in [0.25, 0.3) is 11.2 Å². The number of carbonyl (C=O) groups excluding carboxylic acids is 1. The lowest BCUT2D eigenvalue weighted by atomic mass is 9.68. The first-order valence-corrected chi connectivity index (χ1v) is 11.7. The summed E-state index contributed by atoms with van der Waals surface area (Å²) < 4.78 is 3.48. The van der Waals surface area contributed by atoms with Gasteiger partial charge in [-0.15, -0.1) is 0 Å². The van der Waals surface area contributed by atoms with Gasteiger partial charge in [0.2, 0.25) is 0 Å². The molecule has 3 aromatic rings. The summed E-state index contributed by atoms with van der Waals surface area (Å²) in [5.74, 6) is 0.0805. The van der Waals surface area contributed by atoms with Crippen LogP contribution in [0.15, 0.2) is 41.3 Å². The number of nitrogens with zero attached hydrogens (tertiary/aromatic N) is 4. The maximum atomic E-state index is 12.9. The Kier molecular flexibility index (Phi) is 5.93. The first-order valence-electron chi connectivity index (χ1n) is 11.7. The fourth-order valence-corrected chi connectivity index (χ4v) is 4.84. The lowest BCUT2D eigenvalue weighted by Gasteiger charge is -2.42. The van der Waals surface area contributed by atoms with Crippen LogP contribution >= 0.6 is 0 Å². The summed E-state index contributed by atoms with van der Waals surface area (Å²) in [5, 5.41) is 3.22. The number of nitrogens with one attached hydrogen (secondary N) is 1. The highest BCUT2D eigenvalue weighted by atomic mass is 16.2. The number of hydrogen-bond donors (Lipinski definition) is 1. The van der Waals surface area contributed by atoms with E-state index in [-0.39, 0.29) is 34.4 Å². The summed E-state index contributed by atoms with van der Waals surface area (Å²) in [6.45, 7) is 11.4. The Balaban J connectivity index is 1.61. The van der Waals surface area contributed by atoms with E-state index in [1.165, 1.54) is 0 Å². The van der Waals surface area contributed by atoms with Gasteiger partial charge in [0, 0.05) is 37.4 Å². The molecule has 1 fully saturated rings. The van der Waals surface area contributed by atoms with Crippen LogP contribution in [0.4, 0.5) is 0 Å². The van der Waals surface area contributed by atoms with E-state index in [9.17, 15) is 9.59 Å². The Hall–Kier alpha value is -2.96. The molecule has 0 spiro atoms. The number of aromatic nitrogens is 4. The summed E-state index contributed by atoms with van der Waals surface area (Å²) in [4.78, 5) is 34.8. The molecule has 0 radical (unpaired) electrons. The second-order valence-electron chi connectivity index (χ2n) is 11.3. The zero-order valence-electron chi connectivity index (χ0n) is 20.6. The van der Waals surface area contributed by atoms with E-state index >= 15 is 0 Å². The van der Waals surface area contributed by atoms with E-state index in [4.69, 9.17) is 4.98 Å². The Bertz CT molecular complexity index is 1220. The molecular weight excluding hydrogens is 414 g/mol. The number of carbonyl (C=O) groups is 1. The molecule has 7 heteroatoms. The first-order chi connectivity index (χ1) is 15.5. The van der Waals surface area contributed by atoms with Crippen molar-refractivity contribution in [3.8, 4) is 0 Å². The fourth-order valence-electron chi connectivity index (χ4n) is 4.84. The second kappa shape index (κ2) is 8.43. The van der Waals surface area contributed by atoms with Crippen LogP contribution < -0.4 is 11.0 Å². The molecule has 3 aromatic heterocycles. The molecule has 1 aliphatic carbocycles. The van der Waals surface area contributed by atoms with Crippen molar-refractivity contribution in [2.45, 2.75) is 72.4 Å². The van der Waals surface area contributed by atoms with Gasteiger partial charge in [-0.25, -0.2) is 9.78 Å². The zero-order valence-corrected chi connectivity index (χ0v) is 20.6. The second-order valence-corrected chi connectivity index (χ2v) is 11.3. The van der Waals surface area contributed by atoms with Gasteiger partial charge in [0.1, 0.15) is 5.69 Å². The van der Waals surface area contributed by atoms with Crippen LogP contribution in [0, 0.1) is 10.8 Å². The lowest BCUT2D eigenvalue weighted by Crippen LogP contribution is -2.48. The van der Waals surface area contributed by atoms with Crippen LogP contribution in [0.2, 0.25) is 0 Å². The van der Waals surface area contributed by atoms with Crippen molar-refractivity contribution >= 4 is 17.1 Å². The molecular formula is C26H35N5O2. The maximum Gasteiger partial charge on any atom is 0.330 e. The van der Waals surface area contributed by atoms with Crippen molar-refractivity contribution < 1.29 is 4.79 Å². The molecule has 7 nitrogen and oxygen atoms in total. The molecule has 2 unspecified atom stereocenters. The summed E-state index contributed by atoms with van der Waals surface area (Å²) >= 11 is 0. The topological polar surface area (TPSA) is 81.8 Å². The quantitative estimate of drug-likeness (QED) is 0.645. The Labute approximate surface area is 195 Å². The highest BCUT2D eigenvalue weighted by Gasteiger charge is 2.38. The minimum absolute atomic E-state index is 0.00915. The summed E-state index contributed by atoms with van der Waals surface area (Å²) in [7, 11) is 1.79. The fraction of sp³-hybridized carbons (Fsp3) is 0.538. The van der Waals surface area contributed by atoms with Gasteiger partial charge in [-0.3, -0.25) is 18.9 Å². The maximum absolute atomic E-state index is 12.9. The average molecular weight is 450 g/mol. The molecule has 0 aliphatic heterocycles. The number of pyridine rings is 2. The van der Waals surface area contributed by atoms with E-state index in [2.05, 4.69) is 51.0 Å². The number of imidazole rings is 1. The van der Waals surface area contributed by atoms with Gasteiger partial charge >= 0.3 is 5.69 Å². The van der Waals surface area contributed by atoms with Crippen LogP contribution in [-0.4, -0.2) is 31.1 Å². The van der Waals surface area contributed by atoms with Gasteiger partial charge in [-0.1, -0.05) is 40.7 Å². The molecule has 33 heavy (non-hydrogen) atoms. The van der Waals surface area contributed by atoms with Crippen molar-refractivity contribution in [3.63, 3.8) is 0 Å². The third-order valence-electron chi connectivity index (χ3n) is 6.86. The minimum Gasteiger partial charge on any atom is -0.347 e. The van der Waals surface area contributed by atoms with Gasteiger partial charge in [0.15, 0.2) is 5.65 Å². The molecule has 0 bridgehead atoms. The van der Waals surface area contributed by atoms with Crippen molar-refractivity contribution in [1.29, 1.82) is 0 Å². The summed E-state index contributed by atoms with van der Waals surface area (Å²) in [6.07, 6.45) is 4.42. The highest BCUT2D eigenvalue weighted by Crippen LogP contribution is 2.42. The number of fused-ring (bicyclic) bond motifs is 1. The zero-order chi connectivity index (χ0) is 24.0. The average Bonchev–Trinajstić information content (AvgIpc) is 2.99. The number of amides is 1. The predicted molar refractivity (Wildman–Crippen MR) is 130 cm³/mol. The molecule has 1 saturated carbocycles. The first kappa shape index (κ1) is 23.2. The van der Waals surface area contributed by atoms with E-state index in [1.807, 2.05) is 16.7 Å². The smallest absolute Gasteiger partial charge is 0.330 e. The molecule has 4 rings (SSSR count). The lowest BCUT2D eigenvalue weighted by molar-refractivity contribution is 0.0831. The Morgan fingerprint density at radius 2 is 1.97 bits per heavy atom. The van der Waals surface area contributed by atoms with E-state index in [0.717, 1.165) is 36.1 Å². The normalized spacial score (nSPS) is 20.7. The Morgan fingerprint density at radius 1 is 1.21 bits per heavy atom. The van der Waals surface area contributed by atoms with Gasteiger partial charge < -0.3 is 5.32 Å². The standard InChI is InChI=1S/C26H35N5O2/c1-25(2,3)16-31-20-11-10-18(28-22(20)30(6)24(31)33)17-12-13-26(4,5)21(15-17)29-23(32)19-9-7-8-14-27-19/h7-11,14,17,21H,12-13,15-16H2,1-6H3,(H,29,32). The van der Waals surface area contributed by atoms with Crippen LogP contribution in [0.1, 0.15) is 76.0 Å². The van der Waals surface area contributed by atoms with E-state index in [1.54, 1.807) is 29.9 Å². The molecule has 0 saturated heterocycles. The van der Waals surface area contributed by atoms with E-state index < -0.39 is 0 Å². The number of hydrogen-bond acceptors (Lipinski definition) is 4. The summed E-state index contributed by atoms with van der Waals surface area (Å²) in [6, 6.07) is 9.47. The molecule has 2 atom stereocenters. The molecule has 1 aliphatic rings. The van der Waals surface area contributed by atoms with Crippen molar-refractivity contribution in [2.75, 3.05) is 0 Å². The monoisotopic (exact) mass is 449 g/mol. The number of rotatable bonds is 4. The van der Waals surface area contributed by atoms with Gasteiger partial charge in [0.25, 0.3) is 5.91 Å². The van der Waals surface area contributed by atoms with Gasteiger partial charge in [-0.05, 0) is 54.4 Å². The molecule has 176 valence electrons. The van der Waals surface area contributed by atoms with E-state index in [0.29, 0.717) is 12.2 Å². The molecule has 1 N–H and O–H groups in total. The van der Waals surface area contributed by atoms with Crippen molar-refractivity contribution in [2.24, 2.45) is 17.9 Å². The largest absolute Gasteiger partial charge is 0.347 e. The molecule has 1 amide bonds.